The van der Waals surface area contributed by atoms with Gasteiger partial charge in [-0.1, -0.05) is 0 Å². The zero-order chi connectivity index (χ0) is 16.7. The maximum Gasteiger partial charge on any atom is 0.322 e. The van der Waals surface area contributed by atoms with Gasteiger partial charge in [-0.05, 0) is 32.6 Å². The minimum atomic E-state index is -0.0734. The highest BCUT2D eigenvalue weighted by Crippen LogP contribution is 2.42. The maximum absolute atomic E-state index is 12.8. The molecule has 2 aromatic rings. The number of likely N-dealkylation sites (tertiary alicyclic amines) is 1. The number of amides is 2. The van der Waals surface area contributed by atoms with Crippen LogP contribution < -0.4 is 5.32 Å². The van der Waals surface area contributed by atoms with Crippen molar-refractivity contribution in [1.29, 1.82) is 0 Å². The average molecular weight is 326 g/mol. The van der Waals surface area contributed by atoms with E-state index in [1.54, 1.807) is 10.9 Å². The molecule has 2 amide bonds. The highest BCUT2D eigenvalue weighted by Gasteiger charge is 2.33. The molecule has 1 unspecified atom stereocenters. The van der Waals surface area contributed by atoms with Gasteiger partial charge in [0.2, 0.25) is 0 Å². The highest BCUT2D eigenvalue weighted by atomic mass is 16.2. The van der Waals surface area contributed by atoms with Gasteiger partial charge in [0.05, 0.1) is 29.8 Å². The Hall–Kier alpha value is -2.44. The summed E-state index contributed by atoms with van der Waals surface area (Å²) >= 11 is 0. The lowest BCUT2D eigenvalue weighted by Gasteiger charge is -2.24. The second-order valence-corrected chi connectivity index (χ2v) is 6.72. The van der Waals surface area contributed by atoms with E-state index in [2.05, 4.69) is 20.4 Å². The van der Waals surface area contributed by atoms with Crippen LogP contribution in [0.4, 0.5) is 10.5 Å². The number of aromatic nitrogens is 4. The normalized spacial score (nSPS) is 20.4. The molecule has 1 N–H and O–H groups in total. The predicted molar refractivity (Wildman–Crippen MR) is 89.7 cm³/mol. The fourth-order valence-corrected chi connectivity index (χ4v) is 3.41. The minimum Gasteiger partial charge on any atom is -0.317 e. The summed E-state index contributed by atoms with van der Waals surface area (Å²) in [7, 11) is 1.90. The number of aryl methyl sites for hydroxylation is 2. The third-order valence-electron chi connectivity index (χ3n) is 4.77. The van der Waals surface area contributed by atoms with E-state index in [-0.39, 0.29) is 12.1 Å². The molecule has 24 heavy (non-hydrogen) atoms. The van der Waals surface area contributed by atoms with Gasteiger partial charge in [0.15, 0.2) is 0 Å². The van der Waals surface area contributed by atoms with Gasteiger partial charge in [-0.15, -0.1) is 0 Å². The molecule has 1 aliphatic heterocycles. The summed E-state index contributed by atoms with van der Waals surface area (Å²) in [5, 5.41) is 7.27. The fraction of sp³-hybridized carbons (Fsp3) is 0.529. The molecule has 0 radical (unpaired) electrons. The van der Waals surface area contributed by atoms with E-state index in [1.165, 1.54) is 0 Å². The summed E-state index contributed by atoms with van der Waals surface area (Å²) in [5.41, 5.74) is 2.82. The molecule has 126 valence electrons. The summed E-state index contributed by atoms with van der Waals surface area (Å²) in [6.45, 7) is 2.65. The van der Waals surface area contributed by atoms with Crippen LogP contribution in [0.2, 0.25) is 0 Å². The molecular weight excluding hydrogens is 304 g/mol. The first-order chi connectivity index (χ1) is 11.6. The Kier molecular flexibility index (Phi) is 3.70. The van der Waals surface area contributed by atoms with Crippen molar-refractivity contribution in [3.05, 3.63) is 35.7 Å². The van der Waals surface area contributed by atoms with Gasteiger partial charge in [0.1, 0.15) is 5.82 Å². The zero-order valence-electron chi connectivity index (χ0n) is 14.1. The molecule has 7 heteroatoms. The molecule has 0 bridgehead atoms. The quantitative estimate of drug-likeness (QED) is 0.941. The van der Waals surface area contributed by atoms with Gasteiger partial charge >= 0.3 is 6.03 Å². The Bertz CT molecular complexity index is 766. The van der Waals surface area contributed by atoms with Crippen LogP contribution in [0.15, 0.2) is 18.6 Å². The third-order valence-corrected chi connectivity index (χ3v) is 4.77. The number of urea groups is 1. The van der Waals surface area contributed by atoms with Crippen molar-refractivity contribution in [3.63, 3.8) is 0 Å². The molecule has 2 aromatic heterocycles. The van der Waals surface area contributed by atoms with E-state index in [1.807, 2.05) is 31.3 Å². The zero-order valence-corrected chi connectivity index (χ0v) is 14.1. The van der Waals surface area contributed by atoms with Crippen LogP contribution in [0.25, 0.3) is 0 Å². The molecule has 0 aromatic carbocycles. The van der Waals surface area contributed by atoms with Crippen LogP contribution in [0, 0.1) is 6.92 Å². The minimum absolute atomic E-state index is 0.0734. The molecule has 4 rings (SSSR count). The van der Waals surface area contributed by atoms with Crippen LogP contribution in [0.3, 0.4) is 0 Å². The van der Waals surface area contributed by atoms with E-state index in [0.717, 1.165) is 55.0 Å². The molecule has 2 fully saturated rings. The number of nitrogens with one attached hydrogen (secondary N) is 1. The smallest absolute Gasteiger partial charge is 0.317 e. The topological polar surface area (TPSA) is 75.9 Å². The Morgan fingerprint density at radius 2 is 2.12 bits per heavy atom. The molecule has 2 aliphatic rings. The number of hydrogen-bond donors (Lipinski definition) is 1. The van der Waals surface area contributed by atoms with Crippen molar-refractivity contribution >= 4 is 11.7 Å². The van der Waals surface area contributed by atoms with Gasteiger partial charge in [-0.3, -0.25) is 4.68 Å². The Labute approximate surface area is 141 Å². The first-order valence-electron chi connectivity index (χ1n) is 8.51. The average Bonchev–Trinajstić information content (AvgIpc) is 3.12. The van der Waals surface area contributed by atoms with E-state index in [9.17, 15) is 4.79 Å². The lowest BCUT2D eigenvalue weighted by molar-refractivity contribution is 0.207. The lowest BCUT2D eigenvalue weighted by atomic mass is 10.1. The standard InChI is InChI=1S/C17H22N6O/c1-11-18-9-14(16(20-11)12-5-6-12)21-17(24)23-7-3-4-15(23)13-8-19-22(2)10-13/h8-10,12,15H,3-7H2,1-2H3,(H,21,24). The van der Waals surface area contributed by atoms with Crippen molar-refractivity contribution in [2.75, 3.05) is 11.9 Å². The van der Waals surface area contributed by atoms with Crippen molar-refractivity contribution < 1.29 is 4.79 Å². The number of carbonyl (C=O) groups is 1. The van der Waals surface area contributed by atoms with Gasteiger partial charge < -0.3 is 10.2 Å². The molecule has 1 aliphatic carbocycles. The molecule has 3 heterocycles. The number of anilines is 1. The van der Waals surface area contributed by atoms with Gasteiger partial charge in [-0.2, -0.15) is 5.10 Å². The SMILES string of the molecule is Cc1ncc(NC(=O)N2CCCC2c2cnn(C)c2)c(C2CC2)n1. The predicted octanol–water partition coefficient (Wildman–Crippen LogP) is 2.76. The van der Waals surface area contributed by atoms with E-state index >= 15 is 0 Å². The molecule has 0 spiro atoms. The molecule has 1 atom stereocenters. The highest BCUT2D eigenvalue weighted by molar-refractivity contribution is 5.90. The Morgan fingerprint density at radius 3 is 2.83 bits per heavy atom. The molecule has 7 nitrogen and oxygen atoms in total. The second kappa shape index (κ2) is 5.89. The van der Waals surface area contributed by atoms with Gasteiger partial charge in [-0.25, -0.2) is 14.8 Å². The molecule has 1 saturated heterocycles. The van der Waals surface area contributed by atoms with E-state index < -0.39 is 0 Å². The molecule has 1 saturated carbocycles. The second-order valence-electron chi connectivity index (χ2n) is 6.72. The number of nitrogens with zero attached hydrogens (tertiary/aromatic N) is 5. The first-order valence-corrected chi connectivity index (χ1v) is 8.51. The van der Waals surface area contributed by atoms with E-state index in [4.69, 9.17) is 0 Å². The largest absolute Gasteiger partial charge is 0.322 e. The lowest BCUT2D eigenvalue weighted by Crippen LogP contribution is -2.34. The summed E-state index contributed by atoms with van der Waals surface area (Å²) in [6.07, 6.45) is 9.83. The third kappa shape index (κ3) is 2.86. The maximum atomic E-state index is 12.8. The van der Waals surface area contributed by atoms with Crippen LogP contribution >= 0.6 is 0 Å². The fourth-order valence-electron chi connectivity index (χ4n) is 3.41. The molecular formula is C17H22N6O. The Morgan fingerprint density at radius 1 is 1.29 bits per heavy atom. The summed E-state index contributed by atoms with van der Waals surface area (Å²) in [6, 6.07) is 0.0187. The summed E-state index contributed by atoms with van der Waals surface area (Å²) < 4.78 is 1.78. The monoisotopic (exact) mass is 326 g/mol. The van der Waals surface area contributed by atoms with Crippen molar-refractivity contribution in [1.82, 2.24) is 24.6 Å². The first kappa shape index (κ1) is 15.1. The van der Waals surface area contributed by atoms with Crippen LogP contribution in [-0.2, 0) is 7.05 Å². The number of rotatable bonds is 3. The van der Waals surface area contributed by atoms with Crippen LogP contribution in [0.5, 0.6) is 0 Å². The summed E-state index contributed by atoms with van der Waals surface area (Å²) in [5.74, 6) is 1.22. The van der Waals surface area contributed by atoms with Crippen molar-refractivity contribution in [2.45, 2.75) is 44.6 Å². The van der Waals surface area contributed by atoms with E-state index in [0.29, 0.717) is 5.92 Å². The van der Waals surface area contributed by atoms with Crippen LogP contribution in [-0.4, -0.2) is 37.2 Å². The van der Waals surface area contributed by atoms with Crippen LogP contribution in [0.1, 0.15) is 54.7 Å². The van der Waals surface area contributed by atoms with Crippen molar-refractivity contribution in [2.24, 2.45) is 7.05 Å². The van der Waals surface area contributed by atoms with Gasteiger partial charge in [0.25, 0.3) is 0 Å². The summed E-state index contributed by atoms with van der Waals surface area (Å²) in [4.78, 5) is 23.5. The number of hydrogen-bond acceptors (Lipinski definition) is 4. The van der Waals surface area contributed by atoms with Crippen molar-refractivity contribution in [3.8, 4) is 0 Å². The number of carbonyl (C=O) groups excluding carboxylic acids is 1. The Balaban J connectivity index is 1.53. The van der Waals surface area contributed by atoms with Gasteiger partial charge in [0, 0.05) is 31.3 Å².